The van der Waals surface area contributed by atoms with Crippen LogP contribution in [0.25, 0.3) is 5.69 Å². The molecule has 1 aromatic carbocycles. The minimum absolute atomic E-state index is 0.0133. The highest BCUT2D eigenvalue weighted by molar-refractivity contribution is 7.90. The van der Waals surface area contributed by atoms with Crippen LogP contribution < -0.4 is 4.72 Å². The van der Waals surface area contributed by atoms with E-state index in [0.717, 1.165) is 42.0 Å². The molecule has 1 amide bonds. The summed E-state index contributed by atoms with van der Waals surface area (Å²) in [6.45, 7) is 0. The van der Waals surface area contributed by atoms with Gasteiger partial charge >= 0.3 is 6.18 Å². The molecule has 2 aromatic rings. The Morgan fingerprint density at radius 2 is 1.97 bits per heavy atom. The summed E-state index contributed by atoms with van der Waals surface area (Å²) in [6.07, 6.45) is 0.0674. The molecule has 2 aliphatic rings. The topological polar surface area (TPSA) is 105 Å². The number of halogens is 3. The maximum absolute atomic E-state index is 12.9. The van der Waals surface area contributed by atoms with Crippen molar-refractivity contribution in [3.63, 3.8) is 0 Å². The molecule has 2 aliphatic carbocycles. The van der Waals surface area contributed by atoms with Gasteiger partial charge in [-0.05, 0) is 49.3 Å². The second kappa shape index (κ2) is 6.84. The Bertz CT molecular complexity index is 1140. The van der Waals surface area contributed by atoms with E-state index in [1.165, 1.54) is 12.1 Å². The van der Waals surface area contributed by atoms with Gasteiger partial charge in [-0.25, -0.2) is 17.8 Å². The van der Waals surface area contributed by atoms with Crippen molar-refractivity contribution in [2.24, 2.45) is 17.3 Å². The maximum Gasteiger partial charge on any atom is 0.416 e. The molecule has 0 bridgehead atoms. The molecule has 0 saturated heterocycles. The van der Waals surface area contributed by atoms with Crippen molar-refractivity contribution < 1.29 is 26.4 Å². The molecule has 11 heteroatoms. The van der Waals surface area contributed by atoms with Crippen LogP contribution in [0, 0.1) is 28.6 Å². The fourth-order valence-corrected chi connectivity index (χ4v) is 5.24. The van der Waals surface area contributed by atoms with Crippen LogP contribution in [-0.2, 0) is 21.0 Å². The van der Waals surface area contributed by atoms with Gasteiger partial charge in [-0.15, -0.1) is 0 Å². The lowest BCUT2D eigenvalue weighted by molar-refractivity contribution is -0.138. The average Bonchev–Trinajstić information content (AvgIpc) is 3.10. The molecule has 0 aliphatic heterocycles. The molecule has 0 radical (unpaired) electrons. The van der Waals surface area contributed by atoms with Crippen molar-refractivity contribution in [3.05, 3.63) is 42.2 Å². The summed E-state index contributed by atoms with van der Waals surface area (Å²) in [5.74, 6) is -1.04. The first-order chi connectivity index (χ1) is 14.0. The van der Waals surface area contributed by atoms with Crippen LogP contribution in [0.3, 0.4) is 0 Å². The third-order valence-electron chi connectivity index (χ3n) is 5.81. The van der Waals surface area contributed by atoms with Gasteiger partial charge in [0.05, 0.1) is 29.7 Å². The van der Waals surface area contributed by atoms with E-state index in [4.69, 9.17) is 5.26 Å². The van der Waals surface area contributed by atoms with Crippen LogP contribution in [0.5, 0.6) is 0 Å². The number of aromatic nitrogens is 2. The lowest BCUT2D eigenvalue weighted by Crippen LogP contribution is -2.52. The fraction of sp³-hybridized carbons (Fsp3) is 0.421. The first-order valence-electron chi connectivity index (χ1n) is 9.20. The number of hydrogen-bond acceptors (Lipinski definition) is 5. The van der Waals surface area contributed by atoms with Gasteiger partial charge in [0.2, 0.25) is 5.91 Å². The Hall–Kier alpha value is -2.87. The first-order valence-corrected chi connectivity index (χ1v) is 10.7. The van der Waals surface area contributed by atoms with Gasteiger partial charge in [-0.2, -0.15) is 23.5 Å². The van der Waals surface area contributed by atoms with Crippen molar-refractivity contribution in [3.8, 4) is 11.8 Å². The van der Waals surface area contributed by atoms with Gasteiger partial charge in [0.1, 0.15) is 4.90 Å². The number of amides is 1. The Labute approximate surface area is 170 Å². The van der Waals surface area contributed by atoms with Crippen LogP contribution >= 0.6 is 0 Å². The Morgan fingerprint density at radius 1 is 1.27 bits per heavy atom. The number of carbonyl (C=O) groups excluding carboxylic acids is 1. The van der Waals surface area contributed by atoms with Gasteiger partial charge in [0, 0.05) is 11.8 Å². The van der Waals surface area contributed by atoms with E-state index in [2.05, 4.69) is 11.2 Å². The van der Waals surface area contributed by atoms with Crippen molar-refractivity contribution in [2.75, 3.05) is 0 Å². The predicted molar refractivity (Wildman–Crippen MR) is 97.4 cm³/mol. The second-order valence-corrected chi connectivity index (χ2v) is 9.66. The molecule has 30 heavy (non-hydrogen) atoms. The number of benzene rings is 1. The molecule has 1 heterocycles. The largest absolute Gasteiger partial charge is 0.416 e. The monoisotopic (exact) mass is 438 g/mol. The lowest BCUT2D eigenvalue weighted by Gasteiger charge is -2.55. The Balaban J connectivity index is 1.43. The van der Waals surface area contributed by atoms with Crippen LogP contribution in [0.1, 0.15) is 31.2 Å². The lowest BCUT2D eigenvalue weighted by atomic mass is 9.48. The van der Waals surface area contributed by atoms with Crippen LogP contribution in [-0.4, -0.2) is 24.1 Å². The molecule has 1 aromatic heterocycles. The van der Waals surface area contributed by atoms with Gasteiger partial charge in [0.15, 0.2) is 0 Å². The number of nitrogens with zero attached hydrogens (tertiary/aromatic N) is 3. The molecule has 2 saturated carbocycles. The van der Waals surface area contributed by atoms with E-state index in [-0.39, 0.29) is 21.9 Å². The van der Waals surface area contributed by atoms with E-state index < -0.39 is 33.6 Å². The van der Waals surface area contributed by atoms with Crippen molar-refractivity contribution in [2.45, 2.75) is 36.8 Å². The van der Waals surface area contributed by atoms with E-state index >= 15 is 0 Å². The summed E-state index contributed by atoms with van der Waals surface area (Å²) >= 11 is 0. The number of sulfonamides is 1. The van der Waals surface area contributed by atoms with Crippen LogP contribution in [0.4, 0.5) is 13.2 Å². The fourth-order valence-electron chi connectivity index (χ4n) is 4.27. The molecular weight excluding hydrogens is 421 g/mol. The zero-order chi connectivity index (χ0) is 21.7. The molecular formula is C19H17F3N4O3S. The summed E-state index contributed by atoms with van der Waals surface area (Å²) in [7, 11) is -4.21. The smallest absolute Gasteiger partial charge is 0.274 e. The van der Waals surface area contributed by atoms with Gasteiger partial charge < -0.3 is 0 Å². The highest BCUT2D eigenvalue weighted by Gasteiger charge is 2.55. The van der Waals surface area contributed by atoms with E-state index in [0.29, 0.717) is 12.8 Å². The molecule has 2 fully saturated rings. The molecule has 7 nitrogen and oxygen atoms in total. The number of carbonyl (C=O) groups is 1. The standard InChI is InChI=1S/C19H17F3N4O3S/c20-19(21,22)14-2-1-3-15(4-14)26-11-16(10-24-26)30(28,29)25-17(27)13-7-18(8-13)5-12(6-18)9-23/h1-4,10-13H,5-8H2,(H,25,27). The Kier molecular flexibility index (Phi) is 4.65. The molecule has 0 unspecified atom stereocenters. The average molecular weight is 438 g/mol. The number of rotatable bonds is 4. The molecule has 158 valence electrons. The van der Waals surface area contributed by atoms with Crippen molar-refractivity contribution >= 4 is 15.9 Å². The number of hydrogen-bond donors (Lipinski definition) is 1. The summed E-state index contributed by atoms with van der Waals surface area (Å²) in [4.78, 5) is 12.0. The Morgan fingerprint density at radius 3 is 2.60 bits per heavy atom. The summed E-state index contributed by atoms with van der Waals surface area (Å²) in [5.41, 5.74) is -0.863. The van der Waals surface area contributed by atoms with E-state index in [1.54, 1.807) is 0 Å². The zero-order valence-electron chi connectivity index (χ0n) is 15.6. The maximum atomic E-state index is 12.9. The van der Waals surface area contributed by atoms with E-state index in [1.807, 2.05) is 4.72 Å². The van der Waals surface area contributed by atoms with Gasteiger partial charge in [0.25, 0.3) is 10.0 Å². The minimum Gasteiger partial charge on any atom is -0.274 e. The van der Waals surface area contributed by atoms with Gasteiger partial charge in [-0.1, -0.05) is 6.07 Å². The highest BCUT2D eigenvalue weighted by Crippen LogP contribution is 2.61. The predicted octanol–water partition coefficient (Wildman–Crippen LogP) is 3.03. The van der Waals surface area contributed by atoms with Crippen LogP contribution in [0.15, 0.2) is 41.6 Å². The van der Waals surface area contributed by atoms with Crippen molar-refractivity contribution in [1.29, 1.82) is 5.26 Å². The SMILES string of the molecule is N#CC1CC2(C1)CC(C(=O)NS(=O)(=O)c1cnn(-c3cccc(C(F)(F)F)c3)c1)C2. The van der Waals surface area contributed by atoms with Crippen LogP contribution in [0.2, 0.25) is 0 Å². The third kappa shape index (κ3) is 3.67. The zero-order valence-corrected chi connectivity index (χ0v) is 16.4. The molecule has 0 atom stereocenters. The summed E-state index contributed by atoms with van der Waals surface area (Å²) < 4.78 is 66.6. The summed E-state index contributed by atoms with van der Waals surface area (Å²) in [6, 6.07) is 6.49. The first kappa shape index (κ1) is 20.4. The van der Waals surface area contributed by atoms with E-state index in [9.17, 15) is 26.4 Å². The third-order valence-corrected chi connectivity index (χ3v) is 7.11. The molecule has 4 rings (SSSR count). The number of nitrogens with one attached hydrogen (secondary N) is 1. The van der Waals surface area contributed by atoms with Gasteiger partial charge in [-0.3, -0.25) is 4.79 Å². The van der Waals surface area contributed by atoms with Crippen molar-refractivity contribution in [1.82, 2.24) is 14.5 Å². The normalized spacial score (nSPS) is 25.8. The highest BCUT2D eigenvalue weighted by atomic mass is 32.2. The summed E-state index contributed by atoms with van der Waals surface area (Å²) in [5, 5.41) is 12.7. The minimum atomic E-state index is -4.54. The number of nitriles is 1. The second-order valence-electron chi connectivity index (χ2n) is 7.98. The molecule has 1 spiro atoms. The quantitative estimate of drug-likeness (QED) is 0.790. The molecule has 1 N–H and O–H groups in total. The number of alkyl halides is 3.